The van der Waals surface area contributed by atoms with Gasteiger partial charge in [0.15, 0.2) is 23.3 Å². The van der Waals surface area contributed by atoms with E-state index >= 15 is 8.78 Å². The second-order valence-electron chi connectivity index (χ2n) is 8.34. The van der Waals surface area contributed by atoms with Crippen molar-refractivity contribution in [1.29, 1.82) is 0 Å². The molecule has 0 saturated carbocycles. The van der Waals surface area contributed by atoms with Gasteiger partial charge in [-0.25, -0.2) is 17.6 Å². The van der Waals surface area contributed by atoms with E-state index in [1.807, 2.05) is 74.5 Å². The molecule has 0 N–H and O–H groups in total. The Morgan fingerprint density at radius 3 is 1.22 bits per heavy atom. The summed E-state index contributed by atoms with van der Waals surface area (Å²) in [6, 6.07) is 22.6. The average molecular weight is 523 g/mol. The number of aryl methyl sites for hydroxylation is 2. The fourth-order valence-corrected chi connectivity index (χ4v) is 6.66. The van der Waals surface area contributed by atoms with E-state index < -0.39 is 23.3 Å². The minimum atomic E-state index is -1.79. The number of rotatable bonds is 6. The highest BCUT2D eigenvalue weighted by atomic mass is 32.1. The lowest BCUT2D eigenvalue weighted by molar-refractivity contribution is 0.412. The Hall–Kier alpha value is -3.22. The van der Waals surface area contributed by atoms with Crippen LogP contribution in [0.2, 0.25) is 0 Å². The van der Waals surface area contributed by atoms with Crippen molar-refractivity contribution < 1.29 is 17.6 Å². The highest BCUT2D eigenvalue weighted by Gasteiger charge is 2.31. The van der Waals surface area contributed by atoms with Crippen LogP contribution >= 0.6 is 22.7 Å². The third-order valence-corrected chi connectivity index (χ3v) is 8.84. The van der Waals surface area contributed by atoms with Gasteiger partial charge in [-0.15, -0.1) is 22.7 Å². The van der Waals surface area contributed by atoms with E-state index in [0.717, 1.165) is 30.6 Å². The SMILES string of the molecule is CCc1sc(-c2ccccc2)cc1-c1c(F)c(F)c(F)c(F)c1-c1cc(-c2ccccc2)sc1CC. The fourth-order valence-electron chi connectivity index (χ4n) is 4.43. The lowest BCUT2D eigenvalue weighted by atomic mass is 9.91. The van der Waals surface area contributed by atoms with Gasteiger partial charge >= 0.3 is 0 Å². The summed E-state index contributed by atoms with van der Waals surface area (Å²) < 4.78 is 60.5. The van der Waals surface area contributed by atoms with Gasteiger partial charge in [-0.05, 0) is 47.2 Å². The Morgan fingerprint density at radius 2 is 0.889 bits per heavy atom. The average Bonchev–Trinajstić information content (AvgIpc) is 3.55. The molecular formula is C30H22F4S2. The standard InChI is InChI=1S/C30H22F4S2/c1-3-21-19(15-23(35-21)17-11-7-5-8-12-17)25-26(28(32)30(34)29(33)27(25)31)20-16-24(36-22(20)4-2)18-13-9-6-10-14-18/h5-16H,3-4H2,1-2H3. The van der Waals surface area contributed by atoms with Gasteiger partial charge in [0, 0.05) is 30.6 Å². The predicted octanol–water partition coefficient (Wildman–Crippen LogP) is 10.2. The van der Waals surface area contributed by atoms with E-state index in [9.17, 15) is 8.78 Å². The van der Waals surface area contributed by atoms with Crippen molar-refractivity contribution in [2.45, 2.75) is 26.7 Å². The smallest absolute Gasteiger partial charge is 0.198 e. The number of halogens is 4. The molecule has 0 aliphatic carbocycles. The summed E-state index contributed by atoms with van der Waals surface area (Å²) in [5, 5.41) is 0. The van der Waals surface area contributed by atoms with Crippen molar-refractivity contribution in [3.8, 4) is 43.1 Å². The highest BCUT2D eigenvalue weighted by Crippen LogP contribution is 2.48. The van der Waals surface area contributed by atoms with E-state index in [4.69, 9.17) is 0 Å². The van der Waals surface area contributed by atoms with E-state index in [1.54, 1.807) is 12.1 Å². The van der Waals surface area contributed by atoms with E-state index in [-0.39, 0.29) is 11.1 Å². The van der Waals surface area contributed by atoms with Gasteiger partial charge in [-0.2, -0.15) is 0 Å². The minimum Gasteiger partial charge on any atom is -0.203 e. The normalized spacial score (nSPS) is 11.3. The molecule has 0 aliphatic rings. The molecule has 5 rings (SSSR count). The van der Waals surface area contributed by atoms with E-state index in [1.165, 1.54) is 22.7 Å². The molecule has 0 aliphatic heterocycles. The summed E-state index contributed by atoms with van der Waals surface area (Å²) >= 11 is 2.89. The van der Waals surface area contributed by atoms with Crippen LogP contribution in [0.3, 0.4) is 0 Å². The van der Waals surface area contributed by atoms with Crippen molar-refractivity contribution in [3.63, 3.8) is 0 Å². The van der Waals surface area contributed by atoms with Gasteiger partial charge in [0.25, 0.3) is 0 Å². The molecule has 0 unspecified atom stereocenters. The molecule has 0 saturated heterocycles. The second kappa shape index (κ2) is 10.0. The molecular weight excluding hydrogens is 500 g/mol. The predicted molar refractivity (Wildman–Crippen MR) is 143 cm³/mol. The molecule has 2 heterocycles. The van der Waals surface area contributed by atoms with E-state index in [0.29, 0.717) is 24.0 Å². The lowest BCUT2D eigenvalue weighted by Crippen LogP contribution is -2.04. The third kappa shape index (κ3) is 4.18. The molecule has 0 nitrogen and oxygen atoms in total. The van der Waals surface area contributed by atoms with Gasteiger partial charge in [0.2, 0.25) is 0 Å². The molecule has 0 fully saturated rings. The molecule has 6 heteroatoms. The molecule has 2 aromatic heterocycles. The molecule has 0 spiro atoms. The largest absolute Gasteiger partial charge is 0.203 e. The molecule has 0 atom stereocenters. The van der Waals surface area contributed by atoms with Crippen molar-refractivity contribution >= 4 is 22.7 Å². The zero-order valence-electron chi connectivity index (χ0n) is 19.7. The molecule has 0 radical (unpaired) electrons. The quantitative estimate of drug-likeness (QED) is 0.118. The summed E-state index contributed by atoms with van der Waals surface area (Å²) in [6.07, 6.45) is 1.07. The molecule has 182 valence electrons. The first kappa shape index (κ1) is 24.5. The summed E-state index contributed by atoms with van der Waals surface area (Å²) in [4.78, 5) is 3.25. The number of benzene rings is 3. The minimum absolute atomic E-state index is 0.228. The summed E-state index contributed by atoms with van der Waals surface area (Å²) in [6.45, 7) is 3.82. The Morgan fingerprint density at radius 1 is 0.528 bits per heavy atom. The van der Waals surface area contributed by atoms with Crippen molar-refractivity contribution in [1.82, 2.24) is 0 Å². The van der Waals surface area contributed by atoms with Crippen molar-refractivity contribution in [2.75, 3.05) is 0 Å². The Kier molecular flexibility index (Phi) is 6.82. The lowest BCUT2D eigenvalue weighted by Gasteiger charge is -2.15. The Labute approximate surface area is 215 Å². The van der Waals surface area contributed by atoms with Gasteiger partial charge in [-0.3, -0.25) is 0 Å². The van der Waals surface area contributed by atoms with Crippen molar-refractivity contribution in [2.24, 2.45) is 0 Å². The Bertz CT molecular complexity index is 1420. The first-order valence-electron chi connectivity index (χ1n) is 11.7. The molecule has 36 heavy (non-hydrogen) atoms. The van der Waals surface area contributed by atoms with Crippen LogP contribution in [0.4, 0.5) is 17.6 Å². The van der Waals surface area contributed by atoms with Crippen LogP contribution in [0.5, 0.6) is 0 Å². The summed E-state index contributed by atoms with van der Waals surface area (Å²) in [7, 11) is 0. The zero-order valence-corrected chi connectivity index (χ0v) is 21.3. The first-order chi connectivity index (χ1) is 17.4. The van der Waals surface area contributed by atoms with Crippen LogP contribution in [-0.2, 0) is 12.8 Å². The van der Waals surface area contributed by atoms with E-state index in [2.05, 4.69) is 0 Å². The molecule has 5 aromatic rings. The van der Waals surface area contributed by atoms with Crippen LogP contribution in [0.15, 0.2) is 72.8 Å². The first-order valence-corrected chi connectivity index (χ1v) is 13.3. The van der Waals surface area contributed by atoms with Crippen molar-refractivity contribution in [3.05, 3.63) is 106 Å². The molecule has 3 aromatic carbocycles. The van der Waals surface area contributed by atoms with Crippen LogP contribution in [0.25, 0.3) is 43.1 Å². The van der Waals surface area contributed by atoms with Gasteiger partial charge in [0.05, 0.1) is 0 Å². The topological polar surface area (TPSA) is 0 Å². The molecule has 0 amide bonds. The Balaban J connectivity index is 1.81. The van der Waals surface area contributed by atoms with Crippen LogP contribution in [0, 0.1) is 23.3 Å². The fraction of sp³-hybridized carbons (Fsp3) is 0.133. The van der Waals surface area contributed by atoms with Gasteiger partial charge < -0.3 is 0 Å². The maximum atomic E-state index is 15.6. The van der Waals surface area contributed by atoms with Gasteiger partial charge in [0.1, 0.15) is 0 Å². The summed E-state index contributed by atoms with van der Waals surface area (Å²) in [5.74, 6) is -6.33. The highest BCUT2D eigenvalue weighted by molar-refractivity contribution is 7.16. The maximum Gasteiger partial charge on any atom is 0.198 e. The monoisotopic (exact) mass is 522 g/mol. The molecule has 0 bridgehead atoms. The zero-order chi connectivity index (χ0) is 25.4. The summed E-state index contributed by atoms with van der Waals surface area (Å²) in [5.41, 5.74) is 2.17. The van der Waals surface area contributed by atoms with Crippen LogP contribution < -0.4 is 0 Å². The van der Waals surface area contributed by atoms with Crippen LogP contribution in [0.1, 0.15) is 23.6 Å². The number of hydrogen-bond acceptors (Lipinski definition) is 2. The maximum absolute atomic E-state index is 15.6. The van der Waals surface area contributed by atoms with Crippen LogP contribution in [-0.4, -0.2) is 0 Å². The second-order valence-corrected chi connectivity index (χ2v) is 10.6. The van der Waals surface area contributed by atoms with Gasteiger partial charge in [-0.1, -0.05) is 74.5 Å². The third-order valence-electron chi connectivity index (χ3n) is 6.18. The number of hydrogen-bond donors (Lipinski definition) is 0. The number of thiophene rings is 2.